The van der Waals surface area contributed by atoms with Crippen LogP contribution in [-0.2, 0) is 9.59 Å². The third kappa shape index (κ3) is 3.17. The molecule has 1 heterocycles. The van der Waals surface area contributed by atoms with Crippen LogP contribution in [0.5, 0.6) is 0 Å². The van der Waals surface area contributed by atoms with Crippen LogP contribution in [0.2, 0.25) is 0 Å². The van der Waals surface area contributed by atoms with Crippen LogP contribution in [0, 0.1) is 5.92 Å². The lowest BCUT2D eigenvalue weighted by Gasteiger charge is -2.49. The molecule has 4 N–H and O–H groups in total. The second kappa shape index (κ2) is 5.01. The molecule has 1 amide bonds. The molecular formula is C11H20N2O4. The van der Waals surface area contributed by atoms with E-state index in [2.05, 4.69) is 0 Å². The number of carboxylic acids is 1. The van der Waals surface area contributed by atoms with E-state index in [1.165, 1.54) is 4.90 Å². The lowest BCUT2D eigenvalue weighted by atomic mass is 9.82. The Morgan fingerprint density at radius 3 is 2.35 bits per heavy atom. The highest BCUT2D eigenvalue weighted by atomic mass is 16.4. The van der Waals surface area contributed by atoms with Crippen LogP contribution in [0.25, 0.3) is 0 Å². The number of aliphatic carboxylic acids is 1. The van der Waals surface area contributed by atoms with E-state index in [9.17, 15) is 14.7 Å². The van der Waals surface area contributed by atoms with Crippen molar-refractivity contribution in [3.05, 3.63) is 0 Å². The number of carbonyl (C=O) groups is 2. The number of carboxylic acid groups (broad SMARTS) is 1. The van der Waals surface area contributed by atoms with E-state index in [1.54, 1.807) is 0 Å². The first-order chi connectivity index (χ1) is 7.76. The number of rotatable bonds is 5. The number of nitrogens with zero attached hydrogens (tertiary/aromatic N) is 1. The molecule has 1 fully saturated rings. The van der Waals surface area contributed by atoms with Crippen LogP contribution in [0.1, 0.15) is 26.7 Å². The van der Waals surface area contributed by atoms with Gasteiger partial charge in [0.25, 0.3) is 0 Å². The highest BCUT2D eigenvalue weighted by molar-refractivity contribution is 5.83. The summed E-state index contributed by atoms with van der Waals surface area (Å²) in [6.45, 7) is 4.35. The van der Waals surface area contributed by atoms with Crippen molar-refractivity contribution in [3.8, 4) is 0 Å². The Bertz CT molecular complexity index is 311. The van der Waals surface area contributed by atoms with E-state index >= 15 is 0 Å². The molecule has 17 heavy (non-hydrogen) atoms. The third-order valence-electron chi connectivity index (χ3n) is 3.30. The molecular weight excluding hydrogens is 224 g/mol. The fourth-order valence-electron chi connectivity index (χ4n) is 1.77. The third-order valence-corrected chi connectivity index (χ3v) is 3.30. The zero-order valence-electron chi connectivity index (χ0n) is 10.2. The molecule has 1 saturated heterocycles. The summed E-state index contributed by atoms with van der Waals surface area (Å²) in [5, 5.41) is 18.5. The van der Waals surface area contributed by atoms with Gasteiger partial charge in [-0.2, -0.15) is 0 Å². The number of nitrogens with two attached hydrogens (primary N) is 1. The van der Waals surface area contributed by atoms with Crippen molar-refractivity contribution < 1.29 is 19.8 Å². The van der Waals surface area contributed by atoms with E-state index in [0.29, 0.717) is 0 Å². The van der Waals surface area contributed by atoms with Gasteiger partial charge in [0.15, 0.2) is 0 Å². The van der Waals surface area contributed by atoms with Crippen LogP contribution in [0.4, 0.5) is 0 Å². The van der Waals surface area contributed by atoms with Gasteiger partial charge in [-0.3, -0.25) is 9.59 Å². The van der Waals surface area contributed by atoms with Crippen molar-refractivity contribution in [2.45, 2.75) is 38.3 Å². The quantitative estimate of drug-likeness (QED) is 0.599. The minimum atomic E-state index is -0.962. The van der Waals surface area contributed by atoms with Gasteiger partial charge in [-0.1, -0.05) is 13.8 Å². The van der Waals surface area contributed by atoms with E-state index in [0.717, 1.165) is 0 Å². The Morgan fingerprint density at radius 1 is 1.41 bits per heavy atom. The van der Waals surface area contributed by atoms with Gasteiger partial charge < -0.3 is 20.8 Å². The zero-order chi connectivity index (χ0) is 13.2. The minimum Gasteiger partial charge on any atom is -0.481 e. The lowest BCUT2D eigenvalue weighted by Crippen LogP contribution is -2.68. The number of β-amino-alcohol motifs (C(OH)–C–C–N with tert-alkyl or cyclic N) is 1. The Kier molecular flexibility index (Phi) is 4.11. The van der Waals surface area contributed by atoms with Crippen molar-refractivity contribution in [2.75, 3.05) is 13.1 Å². The molecule has 1 aliphatic heterocycles. The highest BCUT2D eigenvalue weighted by Crippen LogP contribution is 2.28. The molecule has 6 nitrogen and oxygen atoms in total. The molecule has 1 aliphatic rings. The second-order valence-corrected chi connectivity index (χ2v) is 4.99. The molecule has 1 atom stereocenters. The number of hydrogen-bond donors (Lipinski definition) is 3. The van der Waals surface area contributed by atoms with E-state index in [1.807, 2.05) is 13.8 Å². The topological polar surface area (TPSA) is 104 Å². The first-order valence-corrected chi connectivity index (χ1v) is 5.75. The summed E-state index contributed by atoms with van der Waals surface area (Å²) < 4.78 is 0. The lowest BCUT2D eigenvalue weighted by molar-refractivity contribution is -0.165. The summed E-state index contributed by atoms with van der Waals surface area (Å²) in [6.07, 6.45) is 0.0139. The molecule has 0 radical (unpaired) electrons. The second-order valence-electron chi connectivity index (χ2n) is 4.99. The fourth-order valence-corrected chi connectivity index (χ4v) is 1.77. The molecule has 1 unspecified atom stereocenters. The standard InChI is InChI=1S/C11H20N2O4/c1-7(2)11(17)5-13(6-11)10(16)8(12)3-4-9(14)15/h7-8,17H,3-6,12H2,1-2H3,(H,14,15). The first-order valence-electron chi connectivity index (χ1n) is 5.75. The molecule has 0 spiro atoms. The number of carbonyl (C=O) groups excluding carboxylic acids is 1. The molecule has 1 rings (SSSR count). The zero-order valence-corrected chi connectivity index (χ0v) is 10.2. The Morgan fingerprint density at radius 2 is 1.94 bits per heavy atom. The van der Waals surface area contributed by atoms with Crippen LogP contribution >= 0.6 is 0 Å². The van der Waals surface area contributed by atoms with Gasteiger partial charge >= 0.3 is 5.97 Å². The van der Waals surface area contributed by atoms with Crippen LogP contribution in [0.3, 0.4) is 0 Å². The van der Waals surface area contributed by atoms with Gasteiger partial charge in [0.1, 0.15) is 5.60 Å². The summed E-state index contributed by atoms with van der Waals surface area (Å²) >= 11 is 0. The molecule has 98 valence electrons. The van der Waals surface area contributed by atoms with E-state index in [-0.39, 0.29) is 37.8 Å². The summed E-state index contributed by atoms with van der Waals surface area (Å²) in [4.78, 5) is 23.6. The summed E-state index contributed by atoms with van der Waals surface area (Å²) in [5.41, 5.74) is 4.79. The monoisotopic (exact) mass is 244 g/mol. The van der Waals surface area contributed by atoms with E-state index < -0.39 is 17.6 Å². The first kappa shape index (κ1) is 13.9. The van der Waals surface area contributed by atoms with Crippen LogP contribution < -0.4 is 5.73 Å². The van der Waals surface area contributed by atoms with Gasteiger partial charge in [-0.15, -0.1) is 0 Å². The number of aliphatic hydroxyl groups is 1. The average Bonchev–Trinajstić information content (AvgIpc) is 2.19. The predicted octanol–water partition coefficient (Wildman–Crippen LogP) is -0.592. The molecule has 0 aliphatic carbocycles. The Hall–Kier alpha value is -1.14. The van der Waals surface area contributed by atoms with Gasteiger partial charge in [0.05, 0.1) is 19.1 Å². The molecule has 0 aromatic rings. The van der Waals surface area contributed by atoms with Crippen molar-refractivity contribution in [1.29, 1.82) is 0 Å². The average molecular weight is 244 g/mol. The van der Waals surface area contributed by atoms with Crippen LogP contribution in [-0.4, -0.2) is 51.7 Å². The molecule has 0 aromatic heterocycles. The normalized spacial score (nSPS) is 19.9. The van der Waals surface area contributed by atoms with E-state index in [4.69, 9.17) is 10.8 Å². The van der Waals surface area contributed by atoms with Crippen molar-refractivity contribution in [3.63, 3.8) is 0 Å². The smallest absolute Gasteiger partial charge is 0.303 e. The number of likely N-dealkylation sites (tertiary alicyclic amines) is 1. The maximum atomic E-state index is 11.7. The predicted molar refractivity (Wildman–Crippen MR) is 61.2 cm³/mol. The Labute approximate surface area is 100 Å². The molecule has 0 saturated carbocycles. The number of hydrogen-bond acceptors (Lipinski definition) is 4. The number of amides is 1. The SMILES string of the molecule is CC(C)C1(O)CN(C(=O)C(N)CCC(=O)O)C1. The van der Waals surface area contributed by atoms with Gasteiger partial charge in [-0.05, 0) is 12.3 Å². The summed E-state index contributed by atoms with van der Waals surface area (Å²) in [5.74, 6) is -1.16. The van der Waals surface area contributed by atoms with Gasteiger partial charge in [0.2, 0.25) is 5.91 Å². The van der Waals surface area contributed by atoms with Crippen molar-refractivity contribution in [1.82, 2.24) is 4.90 Å². The highest BCUT2D eigenvalue weighted by Gasteiger charge is 2.46. The van der Waals surface area contributed by atoms with Gasteiger partial charge in [0, 0.05) is 6.42 Å². The minimum absolute atomic E-state index is 0.0850. The molecule has 0 aromatic carbocycles. The largest absolute Gasteiger partial charge is 0.481 e. The van der Waals surface area contributed by atoms with Gasteiger partial charge in [-0.25, -0.2) is 0 Å². The molecule has 6 heteroatoms. The van der Waals surface area contributed by atoms with Crippen LogP contribution in [0.15, 0.2) is 0 Å². The summed E-state index contributed by atoms with van der Waals surface area (Å²) in [7, 11) is 0. The maximum absolute atomic E-state index is 11.7. The molecule has 0 bridgehead atoms. The maximum Gasteiger partial charge on any atom is 0.303 e. The summed E-state index contributed by atoms with van der Waals surface area (Å²) in [6, 6.07) is -0.789. The fraction of sp³-hybridized carbons (Fsp3) is 0.818. The van der Waals surface area contributed by atoms with Crippen molar-refractivity contribution in [2.24, 2.45) is 11.7 Å². The van der Waals surface area contributed by atoms with Crippen molar-refractivity contribution >= 4 is 11.9 Å². The Balaban J connectivity index is 2.39.